The predicted octanol–water partition coefficient (Wildman–Crippen LogP) is 3.84. The Morgan fingerprint density at radius 1 is 1.03 bits per heavy atom. The number of piperazine rings is 1. The van der Waals surface area contributed by atoms with E-state index >= 15 is 0 Å². The summed E-state index contributed by atoms with van der Waals surface area (Å²) >= 11 is 0. The second-order valence-corrected chi connectivity index (χ2v) is 8.93. The minimum absolute atomic E-state index is 0.0718. The highest BCUT2D eigenvalue weighted by Gasteiger charge is 2.38. The fourth-order valence-corrected chi connectivity index (χ4v) is 4.07. The summed E-state index contributed by atoms with van der Waals surface area (Å²) < 4.78 is 43.0. The number of nitrogens with zero attached hydrogens (tertiary/aromatic N) is 5. The molecule has 3 aromatic rings. The molecule has 11 heteroatoms. The third kappa shape index (κ3) is 5.85. The molecular weight excluding hydrogens is 475 g/mol. The van der Waals surface area contributed by atoms with Crippen molar-refractivity contribution in [3.05, 3.63) is 66.1 Å². The average molecular weight is 504 g/mol. The number of halogens is 3. The monoisotopic (exact) mass is 503 g/mol. The molecule has 1 aliphatic heterocycles. The molecule has 0 radical (unpaired) electrons. The molecule has 1 atom stereocenters. The smallest absolute Gasteiger partial charge is 0.413 e. The van der Waals surface area contributed by atoms with E-state index in [4.69, 9.17) is 4.42 Å². The van der Waals surface area contributed by atoms with Crippen LogP contribution in [0.4, 0.5) is 18.9 Å². The first-order valence-corrected chi connectivity index (χ1v) is 11.7. The van der Waals surface area contributed by atoms with Gasteiger partial charge in [-0.05, 0) is 29.8 Å². The van der Waals surface area contributed by atoms with Crippen molar-refractivity contribution in [3.63, 3.8) is 0 Å². The Kier molecular flexibility index (Phi) is 7.60. The maximum absolute atomic E-state index is 12.8. The molecule has 1 amide bonds. The lowest BCUT2D eigenvalue weighted by Crippen LogP contribution is -2.57. The van der Waals surface area contributed by atoms with Crippen LogP contribution in [-0.2, 0) is 17.5 Å². The molecule has 8 nitrogen and oxygen atoms in total. The summed E-state index contributed by atoms with van der Waals surface area (Å²) in [4.78, 5) is 17.9. The van der Waals surface area contributed by atoms with Gasteiger partial charge in [-0.2, -0.15) is 13.2 Å². The highest BCUT2D eigenvalue weighted by atomic mass is 19.4. The fraction of sp³-hybridized carbons (Fsp3) is 0.400. The van der Waals surface area contributed by atoms with E-state index < -0.39 is 18.4 Å². The summed E-state index contributed by atoms with van der Waals surface area (Å²) in [5.74, 6) is -1.58. The third-order valence-electron chi connectivity index (χ3n) is 6.03. The molecular formula is C25H28F3N5O3. The van der Waals surface area contributed by atoms with Gasteiger partial charge in [0.1, 0.15) is 0 Å². The van der Waals surface area contributed by atoms with Crippen molar-refractivity contribution in [1.82, 2.24) is 20.0 Å². The average Bonchev–Trinajstić information content (AvgIpc) is 3.39. The number of anilines is 1. The van der Waals surface area contributed by atoms with E-state index in [1.807, 2.05) is 58.9 Å². The van der Waals surface area contributed by atoms with Gasteiger partial charge in [0.05, 0.1) is 0 Å². The molecule has 2 aromatic carbocycles. The van der Waals surface area contributed by atoms with Crippen molar-refractivity contribution in [1.29, 1.82) is 0 Å². The summed E-state index contributed by atoms with van der Waals surface area (Å²) in [7, 11) is 0. The predicted molar refractivity (Wildman–Crippen MR) is 126 cm³/mol. The number of alkyl halides is 3. The number of benzene rings is 2. The fourth-order valence-electron chi connectivity index (χ4n) is 4.07. The second-order valence-electron chi connectivity index (χ2n) is 8.93. The number of hydrogen-bond donors (Lipinski definition) is 1. The van der Waals surface area contributed by atoms with Gasteiger partial charge in [0.25, 0.3) is 0 Å². The molecule has 0 aliphatic carbocycles. The molecule has 36 heavy (non-hydrogen) atoms. The first kappa shape index (κ1) is 25.6. The summed E-state index contributed by atoms with van der Waals surface area (Å²) in [5, 5.41) is 17.9. The Labute approximate surface area is 206 Å². The van der Waals surface area contributed by atoms with Gasteiger partial charge in [-0.25, -0.2) is 0 Å². The summed E-state index contributed by atoms with van der Waals surface area (Å²) in [5.41, 5.74) is 1.99. The minimum atomic E-state index is -4.70. The van der Waals surface area contributed by atoms with Crippen molar-refractivity contribution < 1.29 is 27.5 Å². The van der Waals surface area contributed by atoms with Crippen LogP contribution in [0.3, 0.4) is 0 Å². The van der Waals surface area contributed by atoms with Crippen LogP contribution in [0, 0.1) is 5.92 Å². The minimum Gasteiger partial charge on any atom is -0.413 e. The summed E-state index contributed by atoms with van der Waals surface area (Å²) in [6.45, 7) is 6.22. The zero-order valence-electron chi connectivity index (χ0n) is 20.0. The molecule has 1 aromatic heterocycles. The lowest BCUT2D eigenvalue weighted by atomic mass is 10.1. The maximum atomic E-state index is 12.8. The number of hydrogen-bond acceptors (Lipinski definition) is 7. The van der Waals surface area contributed by atoms with Crippen LogP contribution in [0.25, 0.3) is 11.5 Å². The standard InChI is InChI=1S/C25H28F3N5O3/c1-17(2)22(34)31-12-14-32(15-13-31)24(35)33(20-6-4-3-5-7-20)16-18-8-10-19(11-9-18)21-29-30-23(36-21)25(26,27)28/h3-11,17,24,35H,12-16H2,1-2H3. The van der Waals surface area contributed by atoms with Gasteiger partial charge in [-0.1, -0.05) is 44.2 Å². The van der Waals surface area contributed by atoms with E-state index in [9.17, 15) is 23.1 Å². The van der Waals surface area contributed by atoms with Crippen LogP contribution in [0.1, 0.15) is 25.3 Å². The Bertz CT molecular complexity index is 1140. The summed E-state index contributed by atoms with van der Waals surface area (Å²) in [6, 6.07) is 16.1. The van der Waals surface area contributed by atoms with E-state index in [1.54, 1.807) is 24.3 Å². The van der Waals surface area contributed by atoms with E-state index in [0.29, 0.717) is 38.3 Å². The van der Waals surface area contributed by atoms with Crippen molar-refractivity contribution in [2.45, 2.75) is 32.9 Å². The lowest BCUT2D eigenvalue weighted by molar-refractivity contribution is -0.157. The normalized spacial score (nSPS) is 15.8. The van der Waals surface area contributed by atoms with Crippen LogP contribution in [0.5, 0.6) is 0 Å². The number of rotatable bonds is 7. The number of para-hydroxylation sites is 1. The maximum Gasteiger partial charge on any atom is 0.470 e. The molecule has 192 valence electrons. The van der Waals surface area contributed by atoms with Crippen molar-refractivity contribution >= 4 is 11.6 Å². The third-order valence-corrected chi connectivity index (χ3v) is 6.03. The van der Waals surface area contributed by atoms with Crippen LogP contribution >= 0.6 is 0 Å². The van der Waals surface area contributed by atoms with Gasteiger partial charge in [0.15, 0.2) is 6.35 Å². The number of aromatic nitrogens is 2. The highest BCUT2D eigenvalue weighted by molar-refractivity contribution is 5.78. The van der Waals surface area contributed by atoms with E-state index in [-0.39, 0.29) is 17.7 Å². The first-order chi connectivity index (χ1) is 17.1. The highest BCUT2D eigenvalue weighted by Crippen LogP contribution is 2.30. The molecule has 1 aliphatic rings. The zero-order valence-corrected chi connectivity index (χ0v) is 20.0. The molecule has 0 saturated carbocycles. The Hall–Kier alpha value is -3.44. The quantitative estimate of drug-likeness (QED) is 0.491. The Balaban J connectivity index is 1.48. The topological polar surface area (TPSA) is 85.9 Å². The molecule has 2 heterocycles. The molecule has 1 saturated heterocycles. The Morgan fingerprint density at radius 3 is 2.22 bits per heavy atom. The first-order valence-electron chi connectivity index (χ1n) is 11.7. The van der Waals surface area contributed by atoms with Gasteiger partial charge in [-0.3, -0.25) is 9.69 Å². The van der Waals surface area contributed by atoms with Gasteiger partial charge in [-0.15, -0.1) is 10.2 Å². The lowest BCUT2D eigenvalue weighted by Gasteiger charge is -2.42. The molecule has 4 rings (SSSR count). The van der Waals surface area contributed by atoms with Gasteiger partial charge >= 0.3 is 12.1 Å². The SMILES string of the molecule is CC(C)C(=O)N1CCN(C(O)N(Cc2ccc(-c3nnc(C(F)(F)F)o3)cc2)c2ccccc2)CC1. The van der Waals surface area contributed by atoms with E-state index in [1.165, 1.54) is 0 Å². The molecule has 0 bridgehead atoms. The van der Waals surface area contributed by atoms with Gasteiger partial charge in [0, 0.05) is 49.9 Å². The number of carbonyl (C=O) groups is 1. The number of aliphatic hydroxyl groups is 1. The van der Waals surface area contributed by atoms with Crippen LogP contribution in [0.2, 0.25) is 0 Å². The molecule has 1 unspecified atom stereocenters. The number of aliphatic hydroxyl groups excluding tert-OH is 1. The Morgan fingerprint density at radius 2 is 1.67 bits per heavy atom. The molecule has 0 spiro atoms. The summed E-state index contributed by atoms with van der Waals surface area (Å²) in [6.07, 6.45) is -5.64. The van der Waals surface area contributed by atoms with Gasteiger partial charge < -0.3 is 19.3 Å². The van der Waals surface area contributed by atoms with Crippen molar-refractivity contribution in [2.24, 2.45) is 5.92 Å². The molecule has 1 N–H and O–H groups in total. The zero-order chi connectivity index (χ0) is 25.9. The van der Waals surface area contributed by atoms with Crippen LogP contribution in [0.15, 0.2) is 59.0 Å². The number of carbonyl (C=O) groups excluding carboxylic acids is 1. The van der Waals surface area contributed by atoms with E-state index in [2.05, 4.69) is 10.2 Å². The number of amides is 1. The van der Waals surface area contributed by atoms with Crippen LogP contribution in [-0.4, -0.2) is 63.5 Å². The molecule has 1 fully saturated rings. The van der Waals surface area contributed by atoms with Gasteiger partial charge in [0.2, 0.25) is 11.8 Å². The van der Waals surface area contributed by atoms with Crippen LogP contribution < -0.4 is 4.90 Å². The largest absolute Gasteiger partial charge is 0.470 e. The van der Waals surface area contributed by atoms with Crippen molar-refractivity contribution in [2.75, 3.05) is 31.1 Å². The van der Waals surface area contributed by atoms with Crippen molar-refractivity contribution in [3.8, 4) is 11.5 Å². The van der Waals surface area contributed by atoms with E-state index in [0.717, 1.165) is 11.3 Å². The second kappa shape index (κ2) is 10.7.